The summed E-state index contributed by atoms with van der Waals surface area (Å²) in [5, 5.41) is 9.43. The Kier molecular flexibility index (Phi) is 9.39. The highest BCUT2D eigenvalue weighted by Gasteiger charge is 2.18. The molecule has 4 aromatic rings. The van der Waals surface area contributed by atoms with Gasteiger partial charge in [-0.3, -0.25) is 14.4 Å². The summed E-state index contributed by atoms with van der Waals surface area (Å²) in [5.41, 5.74) is 3.93. The molecule has 11 heteroatoms. The van der Waals surface area contributed by atoms with Gasteiger partial charge in [0.1, 0.15) is 5.75 Å². The Labute approximate surface area is 242 Å². The fraction of sp³-hybridized carbons (Fsp3) is 0. The van der Waals surface area contributed by atoms with E-state index >= 15 is 0 Å². The molecule has 0 aliphatic heterocycles. The average molecular weight is 620 g/mol. The largest absolute Gasteiger partial charge is 0.423 e. The zero-order chi connectivity index (χ0) is 28.5. The van der Waals surface area contributed by atoms with Crippen LogP contribution in [0.25, 0.3) is 0 Å². The lowest BCUT2D eigenvalue weighted by Crippen LogP contribution is -2.33. The number of rotatable bonds is 7. The molecule has 0 aliphatic rings. The Balaban J connectivity index is 1.30. The average Bonchev–Trinajstić information content (AvgIpc) is 2.95. The van der Waals surface area contributed by atoms with Crippen molar-refractivity contribution < 1.29 is 23.9 Å². The molecule has 200 valence electrons. The normalized spacial score (nSPS) is 10.6. The Hall–Kier alpha value is -4.80. The second-order valence-electron chi connectivity index (χ2n) is 8.13. The van der Waals surface area contributed by atoms with Crippen molar-refractivity contribution in [3.63, 3.8) is 0 Å². The molecule has 0 saturated heterocycles. The van der Waals surface area contributed by atoms with Crippen LogP contribution in [0.4, 0.5) is 11.4 Å². The van der Waals surface area contributed by atoms with Crippen molar-refractivity contribution in [2.45, 2.75) is 0 Å². The smallest absolute Gasteiger partial charge is 0.343 e. The Morgan fingerprint density at radius 1 is 0.775 bits per heavy atom. The number of hydrazone groups is 1. The van der Waals surface area contributed by atoms with E-state index in [0.717, 1.165) is 4.47 Å². The fourth-order valence-corrected chi connectivity index (χ4v) is 3.68. The first-order valence-corrected chi connectivity index (χ1v) is 12.8. The third-order valence-electron chi connectivity index (χ3n) is 5.28. The van der Waals surface area contributed by atoms with Gasteiger partial charge in [0.05, 0.1) is 23.0 Å². The first kappa shape index (κ1) is 28.2. The summed E-state index contributed by atoms with van der Waals surface area (Å²) < 4.78 is 6.18. The highest BCUT2D eigenvalue weighted by atomic mass is 79.9. The maximum atomic E-state index is 12.7. The van der Waals surface area contributed by atoms with Crippen LogP contribution in [-0.4, -0.2) is 29.9 Å². The van der Waals surface area contributed by atoms with E-state index in [1.165, 1.54) is 18.3 Å². The number of anilines is 2. The number of ether oxygens (including phenoxy) is 1. The fourth-order valence-electron chi connectivity index (χ4n) is 3.29. The van der Waals surface area contributed by atoms with Crippen LogP contribution in [0.15, 0.2) is 107 Å². The molecule has 0 radical (unpaired) electrons. The molecular formula is C29H20BrClN4O5. The first-order chi connectivity index (χ1) is 19.3. The molecule has 0 bridgehead atoms. The van der Waals surface area contributed by atoms with E-state index < -0.39 is 23.7 Å². The minimum absolute atomic E-state index is 0.145. The van der Waals surface area contributed by atoms with Gasteiger partial charge in [0, 0.05) is 15.2 Å². The number of hydrogen-bond donors (Lipinski definition) is 3. The van der Waals surface area contributed by atoms with E-state index in [2.05, 4.69) is 37.1 Å². The zero-order valence-corrected chi connectivity index (χ0v) is 22.9. The van der Waals surface area contributed by atoms with E-state index in [-0.39, 0.29) is 11.3 Å². The van der Waals surface area contributed by atoms with Crippen LogP contribution in [0.2, 0.25) is 5.02 Å². The Morgan fingerprint density at radius 2 is 1.45 bits per heavy atom. The van der Waals surface area contributed by atoms with Crippen LogP contribution in [0.5, 0.6) is 5.75 Å². The lowest BCUT2D eigenvalue weighted by molar-refractivity contribution is -0.136. The third kappa shape index (κ3) is 7.85. The molecule has 0 fully saturated rings. The number of carbonyl (C=O) groups excluding carboxylic acids is 4. The number of nitrogens with zero attached hydrogens (tertiary/aromatic N) is 1. The van der Waals surface area contributed by atoms with Gasteiger partial charge in [-0.1, -0.05) is 39.7 Å². The van der Waals surface area contributed by atoms with Gasteiger partial charge in [0.15, 0.2) is 0 Å². The van der Waals surface area contributed by atoms with E-state index in [0.29, 0.717) is 27.6 Å². The highest BCUT2D eigenvalue weighted by Crippen LogP contribution is 2.19. The van der Waals surface area contributed by atoms with Crippen LogP contribution >= 0.6 is 27.5 Å². The van der Waals surface area contributed by atoms with Crippen molar-refractivity contribution in [3.8, 4) is 5.75 Å². The second kappa shape index (κ2) is 13.3. The number of esters is 1. The number of para-hydroxylation sites is 1. The Morgan fingerprint density at radius 3 is 2.15 bits per heavy atom. The third-order valence-corrected chi connectivity index (χ3v) is 6.06. The molecule has 3 amide bonds. The molecule has 0 aromatic heterocycles. The van der Waals surface area contributed by atoms with Crippen LogP contribution in [-0.2, 0) is 9.59 Å². The van der Waals surface area contributed by atoms with Crippen LogP contribution in [0.3, 0.4) is 0 Å². The molecule has 0 atom stereocenters. The van der Waals surface area contributed by atoms with Gasteiger partial charge in [-0.2, -0.15) is 5.10 Å². The van der Waals surface area contributed by atoms with Crippen molar-refractivity contribution in [3.05, 3.63) is 123 Å². The van der Waals surface area contributed by atoms with Crippen molar-refractivity contribution in [2.75, 3.05) is 10.6 Å². The molecule has 4 aromatic carbocycles. The van der Waals surface area contributed by atoms with Gasteiger partial charge in [-0.25, -0.2) is 10.2 Å². The summed E-state index contributed by atoms with van der Waals surface area (Å²) >= 11 is 9.18. The maximum absolute atomic E-state index is 12.7. The molecule has 9 nitrogen and oxygen atoms in total. The molecule has 0 aliphatic carbocycles. The van der Waals surface area contributed by atoms with Crippen LogP contribution in [0, 0.1) is 0 Å². The van der Waals surface area contributed by atoms with E-state index in [9.17, 15) is 19.2 Å². The van der Waals surface area contributed by atoms with Crippen molar-refractivity contribution in [1.29, 1.82) is 0 Å². The predicted molar refractivity (Wildman–Crippen MR) is 156 cm³/mol. The van der Waals surface area contributed by atoms with Crippen molar-refractivity contribution in [2.24, 2.45) is 5.10 Å². The Bertz CT molecular complexity index is 1570. The number of hydrogen-bond acceptors (Lipinski definition) is 6. The van der Waals surface area contributed by atoms with Gasteiger partial charge in [0.2, 0.25) is 0 Å². The molecular weight excluding hydrogens is 600 g/mol. The molecule has 0 heterocycles. The van der Waals surface area contributed by atoms with E-state index in [1.54, 1.807) is 84.9 Å². The lowest BCUT2D eigenvalue weighted by Gasteiger charge is -2.11. The van der Waals surface area contributed by atoms with Crippen molar-refractivity contribution in [1.82, 2.24) is 5.43 Å². The summed E-state index contributed by atoms with van der Waals surface area (Å²) in [6.07, 6.45) is 1.32. The van der Waals surface area contributed by atoms with E-state index in [4.69, 9.17) is 16.3 Å². The van der Waals surface area contributed by atoms with Gasteiger partial charge in [-0.05, 0) is 90.5 Å². The predicted octanol–water partition coefficient (Wildman–Crippen LogP) is 5.66. The molecule has 4 rings (SSSR count). The summed E-state index contributed by atoms with van der Waals surface area (Å²) in [6.45, 7) is 0. The minimum Gasteiger partial charge on any atom is -0.423 e. The number of amides is 3. The molecule has 0 spiro atoms. The summed E-state index contributed by atoms with van der Waals surface area (Å²) in [4.78, 5) is 49.6. The minimum atomic E-state index is -1.04. The number of carbonyl (C=O) groups is 4. The summed E-state index contributed by atoms with van der Waals surface area (Å²) in [5.74, 6) is -2.71. The maximum Gasteiger partial charge on any atom is 0.343 e. The van der Waals surface area contributed by atoms with Crippen LogP contribution in [0.1, 0.15) is 26.3 Å². The number of benzene rings is 4. The van der Waals surface area contributed by atoms with Gasteiger partial charge < -0.3 is 15.4 Å². The quantitative estimate of drug-likeness (QED) is 0.0809. The number of nitrogens with one attached hydrogen (secondary N) is 3. The van der Waals surface area contributed by atoms with Gasteiger partial charge in [-0.15, -0.1) is 0 Å². The summed E-state index contributed by atoms with van der Waals surface area (Å²) in [7, 11) is 0. The molecule has 0 unspecified atom stereocenters. The van der Waals surface area contributed by atoms with Gasteiger partial charge >= 0.3 is 17.8 Å². The second-order valence-corrected chi connectivity index (χ2v) is 9.48. The topological polar surface area (TPSA) is 126 Å². The SMILES string of the molecule is O=C(NN=Cc1ccc(OC(=O)c2ccc(Br)cc2)cc1)C(=O)Nc1ccccc1C(=O)Nc1ccc(Cl)cc1. The van der Waals surface area contributed by atoms with Crippen LogP contribution < -0.4 is 20.8 Å². The molecule has 3 N–H and O–H groups in total. The van der Waals surface area contributed by atoms with E-state index in [1.807, 2.05) is 0 Å². The van der Waals surface area contributed by atoms with Crippen molar-refractivity contribution >= 4 is 68.8 Å². The summed E-state index contributed by atoms with van der Waals surface area (Å²) in [6, 6.07) is 25.9. The number of halogens is 2. The molecule has 40 heavy (non-hydrogen) atoms. The molecule has 0 saturated carbocycles. The van der Waals surface area contributed by atoms with Gasteiger partial charge in [0.25, 0.3) is 5.91 Å². The first-order valence-electron chi connectivity index (χ1n) is 11.7. The standard InChI is InChI=1S/C29H20BrClN4O5/c30-20-9-7-19(8-10-20)29(39)40-23-15-5-18(6-16-23)17-32-35-28(38)27(37)34-25-4-2-1-3-24(25)26(36)33-22-13-11-21(31)12-14-22/h1-17H,(H,33,36)(H,34,37)(H,35,38). The zero-order valence-electron chi connectivity index (χ0n) is 20.6. The lowest BCUT2D eigenvalue weighted by atomic mass is 10.1. The monoisotopic (exact) mass is 618 g/mol. The highest BCUT2D eigenvalue weighted by molar-refractivity contribution is 9.10.